The zero-order valence-electron chi connectivity index (χ0n) is 11.7. The summed E-state index contributed by atoms with van der Waals surface area (Å²) in [4.78, 5) is 11.0. The lowest BCUT2D eigenvalue weighted by atomic mass is 9.67. The van der Waals surface area contributed by atoms with E-state index in [1.165, 1.54) is 0 Å². The molecule has 17 heavy (non-hydrogen) atoms. The Hall–Kier alpha value is -0.890. The molecule has 0 heterocycles. The van der Waals surface area contributed by atoms with Gasteiger partial charge in [-0.15, -0.1) is 0 Å². The molecule has 2 nitrogen and oxygen atoms in total. The van der Waals surface area contributed by atoms with Crippen LogP contribution in [0.15, 0.2) is 23.3 Å². The summed E-state index contributed by atoms with van der Waals surface area (Å²) in [6, 6.07) is 0. The number of carbonyl (C=O) groups excluding carboxylic acids is 1. The molecule has 1 aliphatic carbocycles. The lowest BCUT2D eigenvalue weighted by Gasteiger charge is -2.40. The molecular weight excluding hydrogens is 212 g/mol. The molecule has 0 aromatic carbocycles. The fourth-order valence-electron chi connectivity index (χ4n) is 2.26. The molecule has 0 fully saturated rings. The standard InChI is InChI=1S/C15H24O2/c1-14(2,3)11-7-10(9-16)8-12(13(11)17)15(4,5)6/h7-9,11,13,17H,1-6H3. The third-order valence-corrected chi connectivity index (χ3v) is 3.36. The van der Waals surface area contributed by atoms with Crippen molar-refractivity contribution in [3.05, 3.63) is 23.3 Å². The van der Waals surface area contributed by atoms with E-state index in [1.807, 2.05) is 12.2 Å². The topological polar surface area (TPSA) is 37.3 Å². The predicted octanol–water partition coefficient (Wildman–Crippen LogP) is 3.12. The highest BCUT2D eigenvalue weighted by Crippen LogP contribution is 2.41. The quantitative estimate of drug-likeness (QED) is 0.710. The van der Waals surface area contributed by atoms with Crippen LogP contribution in [0.1, 0.15) is 41.5 Å². The van der Waals surface area contributed by atoms with Gasteiger partial charge in [0.1, 0.15) is 6.29 Å². The maximum atomic E-state index is 11.0. The molecule has 0 aromatic heterocycles. The minimum Gasteiger partial charge on any atom is -0.388 e. The Balaban J connectivity index is 3.23. The fourth-order valence-corrected chi connectivity index (χ4v) is 2.26. The summed E-state index contributed by atoms with van der Waals surface area (Å²) in [6.45, 7) is 12.5. The molecular formula is C15H24O2. The van der Waals surface area contributed by atoms with Crippen LogP contribution in [-0.2, 0) is 4.79 Å². The third kappa shape index (κ3) is 3.06. The Morgan fingerprint density at radius 1 is 1.18 bits per heavy atom. The Morgan fingerprint density at radius 3 is 2.06 bits per heavy atom. The van der Waals surface area contributed by atoms with Gasteiger partial charge in [-0.25, -0.2) is 0 Å². The predicted molar refractivity (Wildman–Crippen MR) is 70.6 cm³/mol. The van der Waals surface area contributed by atoms with E-state index < -0.39 is 6.10 Å². The number of allylic oxidation sites excluding steroid dienone is 2. The molecule has 0 amide bonds. The first-order valence-electron chi connectivity index (χ1n) is 6.14. The number of aliphatic hydroxyl groups excluding tert-OH is 1. The first-order valence-corrected chi connectivity index (χ1v) is 6.14. The molecule has 0 bridgehead atoms. The average molecular weight is 236 g/mol. The monoisotopic (exact) mass is 236 g/mol. The average Bonchev–Trinajstić information content (AvgIpc) is 2.14. The van der Waals surface area contributed by atoms with Gasteiger partial charge in [-0.3, -0.25) is 4.79 Å². The highest BCUT2D eigenvalue weighted by Gasteiger charge is 2.37. The summed E-state index contributed by atoms with van der Waals surface area (Å²) in [7, 11) is 0. The summed E-state index contributed by atoms with van der Waals surface area (Å²) in [5.41, 5.74) is 1.45. The van der Waals surface area contributed by atoms with E-state index >= 15 is 0 Å². The van der Waals surface area contributed by atoms with Gasteiger partial charge < -0.3 is 5.11 Å². The Labute approximate surface area is 104 Å². The maximum Gasteiger partial charge on any atom is 0.149 e. The van der Waals surface area contributed by atoms with Crippen LogP contribution in [0.4, 0.5) is 0 Å². The van der Waals surface area contributed by atoms with E-state index in [0.29, 0.717) is 5.57 Å². The van der Waals surface area contributed by atoms with Crippen LogP contribution < -0.4 is 0 Å². The van der Waals surface area contributed by atoms with Crippen molar-refractivity contribution in [2.45, 2.75) is 47.6 Å². The minimum absolute atomic E-state index is 0.0121. The van der Waals surface area contributed by atoms with E-state index in [4.69, 9.17) is 0 Å². The lowest BCUT2D eigenvalue weighted by Crippen LogP contribution is -2.38. The van der Waals surface area contributed by atoms with Gasteiger partial charge in [0.05, 0.1) is 6.10 Å². The molecule has 0 saturated heterocycles. The van der Waals surface area contributed by atoms with Gasteiger partial charge >= 0.3 is 0 Å². The highest BCUT2D eigenvalue weighted by molar-refractivity contribution is 5.78. The summed E-state index contributed by atoms with van der Waals surface area (Å²) in [5, 5.41) is 10.5. The van der Waals surface area contributed by atoms with Gasteiger partial charge in [0, 0.05) is 11.5 Å². The Morgan fingerprint density at radius 2 is 1.71 bits per heavy atom. The van der Waals surface area contributed by atoms with Gasteiger partial charge in [0.25, 0.3) is 0 Å². The summed E-state index contributed by atoms with van der Waals surface area (Å²) < 4.78 is 0. The third-order valence-electron chi connectivity index (χ3n) is 3.36. The lowest BCUT2D eigenvalue weighted by molar-refractivity contribution is -0.104. The van der Waals surface area contributed by atoms with E-state index in [1.54, 1.807) is 0 Å². The van der Waals surface area contributed by atoms with Crippen LogP contribution in [-0.4, -0.2) is 17.5 Å². The van der Waals surface area contributed by atoms with Crippen molar-refractivity contribution in [1.29, 1.82) is 0 Å². The van der Waals surface area contributed by atoms with Crippen molar-refractivity contribution in [2.24, 2.45) is 16.7 Å². The van der Waals surface area contributed by atoms with Crippen molar-refractivity contribution in [1.82, 2.24) is 0 Å². The second kappa shape index (κ2) is 4.41. The normalized spacial score (nSPS) is 26.3. The Bertz CT molecular complexity index is 361. The molecule has 2 heteroatoms. The molecule has 1 rings (SSSR count). The molecule has 0 aromatic rings. The summed E-state index contributed by atoms with van der Waals surface area (Å²) in [6.07, 6.45) is 4.10. The SMILES string of the molecule is CC(C)(C)C1=CC(C=O)=CC(C(C)(C)C)C1O. The van der Waals surface area contributed by atoms with Crippen LogP contribution >= 0.6 is 0 Å². The van der Waals surface area contributed by atoms with Crippen molar-refractivity contribution in [3.63, 3.8) is 0 Å². The molecule has 2 unspecified atom stereocenters. The number of hydrogen-bond acceptors (Lipinski definition) is 2. The van der Waals surface area contributed by atoms with Crippen LogP contribution in [0, 0.1) is 16.7 Å². The molecule has 0 radical (unpaired) electrons. The number of carbonyl (C=O) groups is 1. The first-order chi connectivity index (χ1) is 7.57. The zero-order chi connectivity index (χ0) is 13.4. The Kier molecular flexibility index (Phi) is 3.68. The van der Waals surface area contributed by atoms with Gasteiger partial charge in [-0.1, -0.05) is 47.6 Å². The molecule has 0 saturated carbocycles. The van der Waals surface area contributed by atoms with Crippen LogP contribution in [0.3, 0.4) is 0 Å². The van der Waals surface area contributed by atoms with Crippen LogP contribution in [0.2, 0.25) is 0 Å². The van der Waals surface area contributed by atoms with Gasteiger partial charge in [0.15, 0.2) is 0 Å². The fraction of sp³-hybridized carbons (Fsp3) is 0.667. The van der Waals surface area contributed by atoms with E-state index in [9.17, 15) is 9.90 Å². The minimum atomic E-state index is -0.501. The van der Waals surface area contributed by atoms with Crippen molar-refractivity contribution < 1.29 is 9.90 Å². The number of aliphatic hydroxyl groups is 1. The summed E-state index contributed by atoms with van der Waals surface area (Å²) in [5.74, 6) is -0.0121. The van der Waals surface area contributed by atoms with Crippen LogP contribution in [0.25, 0.3) is 0 Å². The van der Waals surface area contributed by atoms with Gasteiger partial charge in [-0.05, 0) is 22.5 Å². The first kappa shape index (κ1) is 14.2. The highest BCUT2D eigenvalue weighted by atomic mass is 16.3. The van der Waals surface area contributed by atoms with E-state index in [2.05, 4.69) is 41.5 Å². The number of rotatable bonds is 1. The molecule has 1 N–H and O–H groups in total. The second-order valence-electron chi connectivity index (χ2n) is 6.97. The van der Waals surface area contributed by atoms with Crippen LogP contribution in [0.5, 0.6) is 0 Å². The zero-order valence-corrected chi connectivity index (χ0v) is 11.7. The van der Waals surface area contributed by atoms with Gasteiger partial charge in [0.2, 0.25) is 0 Å². The smallest absolute Gasteiger partial charge is 0.149 e. The maximum absolute atomic E-state index is 11.0. The molecule has 0 aliphatic heterocycles. The van der Waals surface area contributed by atoms with Crippen molar-refractivity contribution in [2.75, 3.05) is 0 Å². The number of aldehydes is 1. The molecule has 2 atom stereocenters. The second-order valence-corrected chi connectivity index (χ2v) is 6.97. The van der Waals surface area contributed by atoms with E-state index in [-0.39, 0.29) is 16.7 Å². The molecule has 1 aliphatic rings. The summed E-state index contributed by atoms with van der Waals surface area (Å²) >= 11 is 0. The molecule has 96 valence electrons. The van der Waals surface area contributed by atoms with Crippen molar-refractivity contribution >= 4 is 6.29 Å². The number of hydrogen-bond donors (Lipinski definition) is 1. The van der Waals surface area contributed by atoms with Gasteiger partial charge in [-0.2, -0.15) is 0 Å². The molecule has 0 spiro atoms. The largest absolute Gasteiger partial charge is 0.388 e. The van der Waals surface area contributed by atoms with Crippen molar-refractivity contribution in [3.8, 4) is 0 Å². The van der Waals surface area contributed by atoms with E-state index in [0.717, 1.165) is 11.9 Å².